The van der Waals surface area contributed by atoms with Crippen molar-refractivity contribution in [3.8, 4) is 11.5 Å². The predicted octanol–water partition coefficient (Wildman–Crippen LogP) is 3.20. The monoisotopic (exact) mass is 273 g/mol. The molecule has 0 amide bonds. The molecule has 20 heavy (non-hydrogen) atoms. The van der Waals surface area contributed by atoms with Crippen molar-refractivity contribution in [1.82, 2.24) is 4.98 Å². The molecule has 0 saturated heterocycles. The number of nitrogens with one attached hydrogen (secondary N) is 1. The van der Waals surface area contributed by atoms with Gasteiger partial charge in [0.2, 0.25) is 0 Å². The number of benzene rings is 1. The highest BCUT2D eigenvalue weighted by Crippen LogP contribution is 2.32. The Morgan fingerprint density at radius 2 is 1.95 bits per heavy atom. The van der Waals surface area contributed by atoms with Crippen LogP contribution in [0.1, 0.15) is 13.8 Å². The Labute approximate surface area is 118 Å². The van der Waals surface area contributed by atoms with E-state index >= 15 is 0 Å². The first-order valence-corrected chi connectivity index (χ1v) is 6.61. The number of aromatic nitrogens is 1. The van der Waals surface area contributed by atoms with Crippen LogP contribution in [0.4, 0.5) is 17.2 Å². The Morgan fingerprint density at radius 3 is 2.65 bits per heavy atom. The van der Waals surface area contributed by atoms with Gasteiger partial charge in [-0.25, -0.2) is 4.98 Å². The normalized spacial score (nSPS) is 10.1. The number of anilines is 3. The number of nitrogens with two attached hydrogens (primary N) is 1. The highest BCUT2D eigenvalue weighted by Gasteiger charge is 2.08. The van der Waals surface area contributed by atoms with Crippen LogP contribution < -0.4 is 20.5 Å². The number of nitrogens with zero attached hydrogens (tertiary/aromatic N) is 1. The van der Waals surface area contributed by atoms with Gasteiger partial charge in [0.1, 0.15) is 11.5 Å². The van der Waals surface area contributed by atoms with Gasteiger partial charge in [-0.1, -0.05) is 0 Å². The summed E-state index contributed by atoms with van der Waals surface area (Å²) < 4.78 is 11.1. The maximum Gasteiger partial charge on any atom is 0.153 e. The molecule has 3 N–H and O–H groups in total. The first-order valence-electron chi connectivity index (χ1n) is 6.61. The molecule has 0 atom stereocenters. The third-order valence-electron chi connectivity index (χ3n) is 2.65. The van der Waals surface area contributed by atoms with Gasteiger partial charge in [-0.3, -0.25) is 0 Å². The number of rotatable bonds is 6. The van der Waals surface area contributed by atoms with Crippen molar-refractivity contribution in [3.63, 3.8) is 0 Å². The van der Waals surface area contributed by atoms with Gasteiger partial charge >= 0.3 is 0 Å². The molecule has 0 bridgehead atoms. The standard InChI is InChI=1S/C15H19N3O2/c1-3-19-11-7-8-14(20-4-2)13(10-11)18-15-12(16)6-5-9-17-15/h5-10H,3-4,16H2,1-2H3,(H,17,18). The first kappa shape index (κ1) is 14.0. The fourth-order valence-electron chi connectivity index (χ4n) is 1.79. The van der Waals surface area contributed by atoms with Crippen molar-refractivity contribution < 1.29 is 9.47 Å². The molecule has 0 aliphatic heterocycles. The van der Waals surface area contributed by atoms with Gasteiger partial charge in [-0.2, -0.15) is 0 Å². The minimum atomic E-state index is 0.580. The van der Waals surface area contributed by atoms with E-state index in [1.165, 1.54) is 0 Å². The van der Waals surface area contributed by atoms with E-state index in [0.717, 1.165) is 17.2 Å². The number of hydrogen-bond acceptors (Lipinski definition) is 5. The van der Waals surface area contributed by atoms with Gasteiger partial charge in [0.15, 0.2) is 5.82 Å². The summed E-state index contributed by atoms with van der Waals surface area (Å²) in [5.41, 5.74) is 7.25. The quantitative estimate of drug-likeness (QED) is 0.845. The zero-order valence-corrected chi connectivity index (χ0v) is 11.7. The SMILES string of the molecule is CCOc1ccc(OCC)c(Nc2ncccc2N)c1. The van der Waals surface area contributed by atoms with Crippen LogP contribution in [0, 0.1) is 0 Å². The van der Waals surface area contributed by atoms with E-state index in [1.54, 1.807) is 18.3 Å². The van der Waals surface area contributed by atoms with Crippen LogP contribution in [0.2, 0.25) is 0 Å². The van der Waals surface area contributed by atoms with Crippen LogP contribution in [-0.4, -0.2) is 18.2 Å². The van der Waals surface area contributed by atoms with E-state index < -0.39 is 0 Å². The van der Waals surface area contributed by atoms with Gasteiger partial charge in [-0.15, -0.1) is 0 Å². The second kappa shape index (κ2) is 6.65. The molecule has 5 heteroatoms. The van der Waals surface area contributed by atoms with Crippen LogP contribution in [-0.2, 0) is 0 Å². The number of pyridine rings is 1. The van der Waals surface area contributed by atoms with Crippen molar-refractivity contribution in [2.45, 2.75) is 13.8 Å². The van der Waals surface area contributed by atoms with E-state index in [4.69, 9.17) is 15.2 Å². The first-order chi connectivity index (χ1) is 9.74. The van der Waals surface area contributed by atoms with Gasteiger partial charge in [0.05, 0.1) is 24.6 Å². The van der Waals surface area contributed by atoms with Gasteiger partial charge < -0.3 is 20.5 Å². The zero-order valence-electron chi connectivity index (χ0n) is 11.7. The second-order valence-electron chi connectivity index (χ2n) is 4.09. The summed E-state index contributed by atoms with van der Waals surface area (Å²) in [6.45, 7) is 5.08. The van der Waals surface area contributed by atoms with Crippen LogP contribution in [0.15, 0.2) is 36.5 Å². The summed E-state index contributed by atoms with van der Waals surface area (Å²) in [6.07, 6.45) is 1.69. The van der Waals surface area contributed by atoms with Crippen molar-refractivity contribution >= 4 is 17.2 Å². The Balaban J connectivity index is 2.32. The molecule has 106 valence electrons. The van der Waals surface area contributed by atoms with Gasteiger partial charge in [0, 0.05) is 12.3 Å². The molecule has 0 spiro atoms. The van der Waals surface area contributed by atoms with Gasteiger partial charge in [-0.05, 0) is 38.1 Å². The van der Waals surface area contributed by atoms with Crippen LogP contribution in [0.25, 0.3) is 0 Å². The lowest BCUT2D eigenvalue weighted by molar-refractivity contribution is 0.332. The Kier molecular flexibility index (Phi) is 4.65. The lowest BCUT2D eigenvalue weighted by Crippen LogP contribution is -2.02. The maximum atomic E-state index is 5.89. The van der Waals surface area contributed by atoms with Crippen LogP contribution >= 0.6 is 0 Å². The van der Waals surface area contributed by atoms with E-state index in [-0.39, 0.29) is 0 Å². The largest absolute Gasteiger partial charge is 0.494 e. The average molecular weight is 273 g/mol. The van der Waals surface area contributed by atoms with Gasteiger partial charge in [0.25, 0.3) is 0 Å². The number of hydrogen-bond donors (Lipinski definition) is 2. The lowest BCUT2D eigenvalue weighted by Gasteiger charge is -2.14. The summed E-state index contributed by atoms with van der Waals surface area (Å²) in [7, 11) is 0. The molecule has 2 rings (SSSR count). The minimum absolute atomic E-state index is 0.580. The molecule has 0 aliphatic rings. The average Bonchev–Trinajstić information content (AvgIpc) is 2.45. The molecule has 1 aromatic heterocycles. The van der Waals surface area contributed by atoms with E-state index in [9.17, 15) is 0 Å². The number of nitrogen functional groups attached to an aromatic ring is 1. The molecule has 0 radical (unpaired) electrons. The molecule has 1 heterocycles. The predicted molar refractivity (Wildman–Crippen MR) is 80.7 cm³/mol. The van der Waals surface area contributed by atoms with Crippen LogP contribution in [0.5, 0.6) is 11.5 Å². The third kappa shape index (κ3) is 3.32. The summed E-state index contributed by atoms with van der Waals surface area (Å²) >= 11 is 0. The molecule has 0 fully saturated rings. The lowest BCUT2D eigenvalue weighted by atomic mass is 10.2. The Hall–Kier alpha value is -2.43. The van der Waals surface area contributed by atoms with Crippen LogP contribution in [0.3, 0.4) is 0 Å². The number of ether oxygens (including phenoxy) is 2. The summed E-state index contributed by atoms with van der Waals surface area (Å²) in [4.78, 5) is 4.22. The highest BCUT2D eigenvalue weighted by atomic mass is 16.5. The maximum absolute atomic E-state index is 5.89. The van der Waals surface area contributed by atoms with E-state index in [2.05, 4.69) is 10.3 Å². The molecular formula is C15H19N3O2. The fraction of sp³-hybridized carbons (Fsp3) is 0.267. The topological polar surface area (TPSA) is 69.4 Å². The summed E-state index contributed by atoms with van der Waals surface area (Å²) in [5, 5.41) is 3.18. The molecule has 0 aliphatic carbocycles. The summed E-state index contributed by atoms with van der Waals surface area (Å²) in [6, 6.07) is 9.21. The molecule has 0 unspecified atom stereocenters. The van der Waals surface area contributed by atoms with Crippen molar-refractivity contribution in [2.75, 3.05) is 24.3 Å². The molecule has 1 aromatic carbocycles. The smallest absolute Gasteiger partial charge is 0.153 e. The highest BCUT2D eigenvalue weighted by molar-refractivity contribution is 5.72. The molecule has 5 nitrogen and oxygen atoms in total. The Morgan fingerprint density at radius 1 is 1.15 bits per heavy atom. The second-order valence-corrected chi connectivity index (χ2v) is 4.09. The van der Waals surface area contributed by atoms with Crippen molar-refractivity contribution in [2.24, 2.45) is 0 Å². The van der Waals surface area contributed by atoms with Crippen molar-refractivity contribution in [3.05, 3.63) is 36.5 Å². The summed E-state index contributed by atoms with van der Waals surface area (Å²) in [5.74, 6) is 2.11. The van der Waals surface area contributed by atoms with E-state index in [1.807, 2.05) is 32.0 Å². The minimum Gasteiger partial charge on any atom is -0.494 e. The molecular weight excluding hydrogens is 254 g/mol. The fourth-order valence-corrected chi connectivity index (χ4v) is 1.79. The Bertz CT molecular complexity index is 573. The molecule has 2 aromatic rings. The van der Waals surface area contributed by atoms with E-state index in [0.29, 0.717) is 24.7 Å². The zero-order chi connectivity index (χ0) is 14.4. The molecule has 0 saturated carbocycles. The third-order valence-corrected chi connectivity index (χ3v) is 2.65. The van der Waals surface area contributed by atoms with Crippen molar-refractivity contribution in [1.29, 1.82) is 0 Å².